The van der Waals surface area contributed by atoms with Crippen molar-refractivity contribution in [2.75, 3.05) is 39.8 Å². The maximum atomic E-state index is 2.65. The molecule has 2 nitrogen and oxygen atoms in total. The maximum Gasteiger partial charge on any atom is 0.0109 e. The molecular weight excluding hydrogens is 184 g/mol. The minimum absolute atomic E-state index is 1.26. The first-order chi connectivity index (χ1) is 7.33. The van der Waals surface area contributed by atoms with Gasteiger partial charge in [-0.25, -0.2) is 0 Å². The van der Waals surface area contributed by atoms with Crippen LogP contribution in [0.5, 0.6) is 0 Å². The third-order valence-corrected chi connectivity index (χ3v) is 3.39. The maximum absolute atomic E-state index is 2.65. The molecule has 1 aliphatic rings. The fourth-order valence-corrected chi connectivity index (χ4v) is 2.26. The second kappa shape index (κ2) is 8.12. The molecule has 0 radical (unpaired) electrons. The van der Waals surface area contributed by atoms with Crippen LogP contribution in [0, 0.1) is 0 Å². The molecule has 0 aromatic carbocycles. The van der Waals surface area contributed by atoms with Crippen molar-refractivity contribution in [1.82, 2.24) is 9.80 Å². The molecule has 0 N–H and O–H groups in total. The zero-order chi connectivity index (χ0) is 10.9. The number of nitrogens with zero attached hydrogens (tertiary/aromatic N) is 2. The number of hydrogen-bond acceptors (Lipinski definition) is 2. The van der Waals surface area contributed by atoms with Crippen molar-refractivity contribution < 1.29 is 0 Å². The summed E-state index contributed by atoms with van der Waals surface area (Å²) in [4.78, 5) is 5.10. The minimum Gasteiger partial charge on any atom is -0.305 e. The van der Waals surface area contributed by atoms with E-state index in [-0.39, 0.29) is 0 Å². The molecule has 1 rings (SSSR count). The molecule has 0 aromatic heterocycles. The van der Waals surface area contributed by atoms with Crippen LogP contribution >= 0.6 is 0 Å². The molecule has 0 atom stereocenters. The van der Waals surface area contributed by atoms with Crippen molar-refractivity contribution in [3.8, 4) is 0 Å². The summed E-state index contributed by atoms with van der Waals surface area (Å²) in [6.45, 7) is 8.76. The van der Waals surface area contributed by atoms with E-state index in [1.54, 1.807) is 0 Å². The molecule has 15 heavy (non-hydrogen) atoms. The summed E-state index contributed by atoms with van der Waals surface area (Å²) in [7, 11) is 2.24. The van der Waals surface area contributed by atoms with Crippen LogP contribution in [0.3, 0.4) is 0 Å². The predicted octanol–water partition coefficient (Wildman–Crippen LogP) is 2.59. The van der Waals surface area contributed by atoms with E-state index in [0.29, 0.717) is 0 Å². The van der Waals surface area contributed by atoms with Crippen LogP contribution in [0.15, 0.2) is 0 Å². The van der Waals surface area contributed by atoms with E-state index in [2.05, 4.69) is 23.8 Å². The number of unbranched alkanes of at least 4 members (excludes halogenated alkanes) is 4. The summed E-state index contributed by atoms with van der Waals surface area (Å²) in [5.74, 6) is 0. The Bertz CT molecular complexity index is 147. The topological polar surface area (TPSA) is 6.48 Å². The Morgan fingerprint density at radius 1 is 0.867 bits per heavy atom. The first-order valence-corrected chi connectivity index (χ1v) is 6.74. The molecule has 1 fully saturated rings. The molecule has 0 bridgehead atoms. The van der Waals surface area contributed by atoms with Crippen molar-refractivity contribution in [3.63, 3.8) is 0 Å². The van der Waals surface area contributed by atoms with Gasteiger partial charge in [-0.05, 0) is 39.5 Å². The van der Waals surface area contributed by atoms with Gasteiger partial charge in [-0.1, -0.05) is 32.6 Å². The first-order valence-electron chi connectivity index (χ1n) is 6.74. The highest BCUT2D eigenvalue weighted by molar-refractivity contribution is 4.66. The van der Waals surface area contributed by atoms with Crippen molar-refractivity contribution in [2.24, 2.45) is 0 Å². The van der Waals surface area contributed by atoms with Gasteiger partial charge in [0.05, 0.1) is 0 Å². The van der Waals surface area contributed by atoms with Gasteiger partial charge in [0.15, 0.2) is 0 Å². The Labute approximate surface area is 95.6 Å². The Balaban J connectivity index is 2.00. The Kier molecular flexibility index (Phi) is 7.03. The third kappa shape index (κ3) is 6.16. The quantitative estimate of drug-likeness (QED) is 0.624. The number of likely N-dealkylation sites (N-methyl/N-ethyl adjacent to an activating group) is 1. The Morgan fingerprint density at radius 3 is 2.47 bits per heavy atom. The molecule has 0 aliphatic carbocycles. The molecule has 1 saturated heterocycles. The van der Waals surface area contributed by atoms with Crippen molar-refractivity contribution >= 4 is 0 Å². The molecule has 0 amide bonds. The summed E-state index contributed by atoms with van der Waals surface area (Å²) in [6.07, 6.45) is 8.40. The summed E-state index contributed by atoms with van der Waals surface area (Å²) in [5.41, 5.74) is 0. The standard InChI is InChI=1S/C13H28N2/c1-3-4-5-6-7-10-15-11-8-9-14(2)12-13-15/h3-13H2,1-2H3. The lowest BCUT2D eigenvalue weighted by Gasteiger charge is -2.19. The van der Waals surface area contributed by atoms with Crippen LogP contribution in [-0.2, 0) is 0 Å². The highest BCUT2D eigenvalue weighted by Crippen LogP contribution is 2.06. The fraction of sp³-hybridized carbons (Fsp3) is 1.00. The molecule has 90 valence electrons. The Hall–Kier alpha value is -0.0800. The van der Waals surface area contributed by atoms with E-state index in [1.807, 2.05) is 0 Å². The highest BCUT2D eigenvalue weighted by Gasteiger charge is 2.10. The third-order valence-electron chi connectivity index (χ3n) is 3.39. The van der Waals surface area contributed by atoms with Gasteiger partial charge in [-0.3, -0.25) is 0 Å². The summed E-state index contributed by atoms with van der Waals surface area (Å²) in [6, 6.07) is 0. The van der Waals surface area contributed by atoms with E-state index >= 15 is 0 Å². The average molecular weight is 212 g/mol. The van der Waals surface area contributed by atoms with Gasteiger partial charge < -0.3 is 9.80 Å². The minimum atomic E-state index is 1.26. The lowest BCUT2D eigenvalue weighted by Crippen LogP contribution is -2.29. The molecule has 0 saturated carbocycles. The van der Waals surface area contributed by atoms with Gasteiger partial charge in [-0.15, -0.1) is 0 Å². The van der Waals surface area contributed by atoms with Crippen LogP contribution in [0.2, 0.25) is 0 Å². The van der Waals surface area contributed by atoms with Gasteiger partial charge in [0.1, 0.15) is 0 Å². The number of rotatable bonds is 6. The number of hydrogen-bond donors (Lipinski definition) is 0. The van der Waals surface area contributed by atoms with E-state index < -0.39 is 0 Å². The van der Waals surface area contributed by atoms with E-state index in [9.17, 15) is 0 Å². The van der Waals surface area contributed by atoms with Crippen LogP contribution in [-0.4, -0.2) is 49.6 Å². The van der Waals surface area contributed by atoms with Crippen LogP contribution < -0.4 is 0 Å². The molecule has 2 heteroatoms. The van der Waals surface area contributed by atoms with Gasteiger partial charge in [0.25, 0.3) is 0 Å². The lowest BCUT2D eigenvalue weighted by atomic mass is 10.1. The second-order valence-electron chi connectivity index (χ2n) is 4.91. The van der Waals surface area contributed by atoms with E-state index in [1.165, 1.54) is 71.2 Å². The normalized spacial score (nSPS) is 20.4. The van der Waals surface area contributed by atoms with Gasteiger partial charge in [0.2, 0.25) is 0 Å². The fourth-order valence-electron chi connectivity index (χ4n) is 2.26. The van der Waals surface area contributed by atoms with Crippen molar-refractivity contribution in [3.05, 3.63) is 0 Å². The molecule has 0 unspecified atom stereocenters. The predicted molar refractivity (Wildman–Crippen MR) is 67.3 cm³/mol. The monoisotopic (exact) mass is 212 g/mol. The summed E-state index contributed by atoms with van der Waals surface area (Å²) in [5, 5.41) is 0. The van der Waals surface area contributed by atoms with Gasteiger partial charge in [0, 0.05) is 13.1 Å². The van der Waals surface area contributed by atoms with Crippen molar-refractivity contribution in [2.45, 2.75) is 45.4 Å². The van der Waals surface area contributed by atoms with Crippen LogP contribution in [0.1, 0.15) is 45.4 Å². The highest BCUT2D eigenvalue weighted by atomic mass is 15.2. The summed E-state index contributed by atoms with van der Waals surface area (Å²) < 4.78 is 0. The van der Waals surface area contributed by atoms with Gasteiger partial charge >= 0.3 is 0 Å². The molecule has 0 spiro atoms. The second-order valence-corrected chi connectivity index (χ2v) is 4.91. The SMILES string of the molecule is CCCCCCCN1CCCN(C)CC1. The lowest BCUT2D eigenvalue weighted by molar-refractivity contribution is 0.270. The largest absolute Gasteiger partial charge is 0.305 e. The first kappa shape index (κ1) is 13.0. The smallest absolute Gasteiger partial charge is 0.0109 e. The molecular formula is C13H28N2. The zero-order valence-electron chi connectivity index (χ0n) is 10.7. The van der Waals surface area contributed by atoms with Crippen LogP contribution in [0.25, 0.3) is 0 Å². The molecule has 1 heterocycles. The average Bonchev–Trinajstić information content (AvgIpc) is 2.43. The Morgan fingerprint density at radius 2 is 1.67 bits per heavy atom. The molecule has 0 aromatic rings. The van der Waals surface area contributed by atoms with Gasteiger partial charge in [-0.2, -0.15) is 0 Å². The van der Waals surface area contributed by atoms with Crippen molar-refractivity contribution in [1.29, 1.82) is 0 Å². The summed E-state index contributed by atoms with van der Waals surface area (Å²) >= 11 is 0. The van der Waals surface area contributed by atoms with Crippen LogP contribution in [0.4, 0.5) is 0 Å². The van der Waals surface area contributed by atoms with E-state index in [0.717, 1.165) is 0 Å². The zero-order valence-corrected chi connectivity index (χ0v) is 10.7. The molecule has 1 aliphatic heterocycles. The van der Waals surface area contributed by atoms with E-state index in [4.69, 9.17) is 0 Å².